The highest BCUT2D eigenvalue weighted by Gasteiger charge is 2.42. The van der Waals surface area contributed by atoms with Crippen LogP contribution < -0.4 is 5.32 Å². The molecule has 2 N–H and O–H groups in total. The first-order valence-electron chi connectivity index (χ1n) is 6.76. The fourth-order valence-corrected chi connectivity index (χ4v) is 2.96. The van der Waals surface area contributed by atoms with E-state index < -0.39 is 5.60 Å². The molecule has 1 aliphatic rings. The third-order valence-electron chi connectivity index (χ3n) is 4.15. The van der Waals surface area contributed by atoms with Crippen molar-refractivity contribution >= 4 is 11.0 Å². The van der Waals surface area contributed by atoms with Crippen LogP contribution in [-0.4, -0.2) is 18.2 Å². The first-order chi connectivity index (χ1) is 9.13. The molecule has 0 spiro atoms. The SMILES string of the molecule is CCC1CNCCC1(O)c1cc2cc(F)ccc2o1. The van der Waals surface area contributed by atoms with Gasteiger partial charge >= 0.3 is 0 Å². The number of nitrogens with one attached hydrogen (secondary N) is 1. The predicted molar refractivity (Wildman–Crippen MR) is 71.3 cm³/mol. The summed E-state index contributed by atoms with van der Waals surface area (Å²) < 4.78 is 19.0. The van der Waals surface area contributed by atoms with Crippen LogP contribution in [0.25, 0.3) is 11.0 Å². The number of piperidine rings is 1. The molecule has 1 aliphatic heterocycles. The van der Waals surface area contributed by atoms with Crippen molar-refractivity contribution in [3.8, 4) is 0 Å². The van der Waals surface area contributed by atoms with Crippen molar-refractivity contribution in [2.75, 3.05) is 13.1 Å². The molecule has 0 aliphatic carbocycles. The Balaban J connectivity index is 2.06. The van der Waals surface area contributed by atoms with Crippen LogP contribution in [0.2, 0.25) is 0 Å². The Bertz CT molecular complexity index is 595. The number of hydrogen-bond donors (Lipinski definition) is 2. The predicted octanol–water partition coefficient (Wildman–Crippen LogP) is 2.78. The van der Waals surface area contributed by atoms with E-state index >= 15 is 0 Å². The Morgan fingerprint density at radius 3 is 3.11 bits per heavy atom. The van der Waals surface area contributed by atoms with Gasteiger partial charge in [0.25, 0.3) is 0 Å². The Morgan fingerprint density at radius 1 is 1.47 bits per heavy atom. The van der Waals surface area contributed by atoms with Crippen molar-refractivity contribution < 1.29 is 13.9 Å². The summed E-state index contributed by atoms with van der Waals surface area (Å²) in [6.45, 7) is 3.60. The molecule has 3 nitrogen and oxygen atoms in total. The molecule has 1 aromatic heterocycles. The summed E-state index contributed by atoms with van der Waals surface area (Å²) in [6, 6.07) is 6.19. The minimum absolute atomic E-state index is 0.117. The molecule has 4 heteroatoms. The molecule has 2 unspecified atom stereocenters. The van der Waals surface area contributed by atoms with E-state index in [4.69, 9.17) is 4.42 Å². The number of rotatable bonds is 2. The summed E-state index contributed by atoms with van der Waals surface area (Å²) in [6.07, 6.45) is 1.49. The normalized spacial score (nSPS) is 27.8. The van der Waals surface area contributed by atoms with Gasteiger partial charge in [0, 0.05) is 17.8 Å². The summed E-state index contributed by atoms with van der Waals surface area (Å²) in [5.41, 5.74) is -0.326. The van der Waals surface area contributed by atoms with E-state index in [0.717, 1.165) is 19.5 Å². The molecule has 0 radical (unpaired) electrons. The number of furan rings is 1. The van der Waals surface area contributed by atoms with Crippen LogP contribution >= 0.6 is 0 Å². The van der Waals surface area contributed by atoms with Gasteiger partial charge in [0.05, 0.1) is 0 Å². The lowest BCUT2D eigenvalue weighted by Crippen LogP contribution is -2.47. The summed E-state index contributed by atoms with van der Waals surface area (Å²) in [5.74, 6) is 0.386. The molecule has 1 saturated heterocycles. The molecule has 1 aromatic carbocycles. The second kappa shape index (κ2) is 4.62. The van der Waals surface area contributed by atoms with Crippen molar-refractivity contribution in [2.24, 2.45) is 5.92 Å². The molecule has 102 valence electrons. The van der Waals surface area contributed by atoms with E-state index in [2.05, 4.69) is 12.2 Å². The molecule has 2 aromatic rings. The highest BCUT2D eigenvalue weighted by molar-refractivity contribution is 5.78. The van der Waals surface area contributed by atoms with Crippen molar-refractivity contribution in [1.29, 1.82) is 0 Å². The summed E-state index contributed by atoms with van der Waals surface area (Å²) in [5, 5.41) is 14.9. The standard InChI is InChI=1S/C15H18FNO2/c1-2-11-9-17-6-5-15(11,18)14-8-10-7-12(16)3-4-13(10)19-14/h3-4,7-8,11,17-18H,2,5-6,9H2,1H3. The van der Waals surface area contributed by atoms with Crippen molar-refractivity contribution in [1.82, 2.24) is 5.32 Å². The molecular formula is C15H18FNO2. The summed E-state index contributed by atoms with van der Waals surface area (Å²) >= 11 is 0. The number of hydrogen-bond acceptors (Lipinski definition) is 3. The van der Waals surface area contributed by atoms with Crippen LogP contribution in [0.4, 0.5) is 4.39 Å². The number of halogens is 1. The quantitative estimate of drug-likeness (QED) is 0.875. The van der Waals surface area contributed by atoms with Gasteiger partial charge in [-0.3, -0.25) is 0 Å². The molecule has 1 fully saturated rings. The number of aliphatic hydroxyl groups is 1. The van der Waals surface area contributed by atoms with Gasteiger partial charge in [-0.1, -0.05) is 6.92 Å². The van der Waals surface area contributed by atoms with Gasteiger partial charge in [0.1, 0.15) is 22.8 Å². The van der Waals surface area contributed by atoms with Gasteiger partial charge in [-0.2, -0.15) is 0 Å². The zero-order valence-electron chi connectivity index (χ0n) is 10.9. The topological polar surface area (TPSA) is 45.4 Å². The van der Waals surface area contributed by atoms with Gasteiger partial charge in [0.2, 0.25) is 0 Å². The van der Waals surface area contributed by atoms with Crippen LogP contribution in [0, 0.1) is 11.7 Å². The first-order valence-corrected chi connectivity index (χ1v) is 6.76. The van der Waals surface area contributed by atoms with Gasteiger partial charge in [0.15, 0.2) is 0 Å². The van der Waals surface area contributed by atoms with Crippen LogP contribution in [-0.2, 0) is 5.60 Å². The fraction of sp³-hybridized carbons (Fsp3) is 0.467. The molecule has 2 atom stereocenters. The number of fused-ring (bicyclic) bond motifs is 1. The lowest BCUT2D eigenvalue weighted by molar-refractivity contribution is -0.0634. The average Bonchev–Trinajstić information content (AvgIpc) is 2.83. The van der Waals surface area contributed by atoms with Gasteiger partial charge in [-0.05, 0) is 43.7 Å². The lowest BCUT2D eigenvalue weighted by atomic mass is 9.78. The molecule has 3 rings (SSSR count). The smallest absolute Gasteiger partial charge is 0.137 e. The van der Waals surface area contributed by atoms with E-state index in [9.17, 15) is 9.50 Å². The minimum Gasteiger partial charge on any atom is -0.458 e. The zero-order chi connectivity index (χ0) is 13.5. The van der Waals surface area contributed by atoms with E-state index in [0.29, 0.717) is 23.2 Å². The largest absolute Gasteiger partial charge is 0.458 e. The average molecular weight is 263 g/mol. The highest BCUT2D eigenvalue weighted by Crippen LogP contribution is 2.39. The van der Waals surface area contributed by atoms with E-state index in [1.165, 1.54) is 12.1 Å². The van der Waals surface area contributed by atoms with Crippen LogP contribution in [0.5, 0.6) is 0 Å². The Kier molecular flexibility index (Phi) is 3.07. The van der Waals surface area contributed by atoms with Gasteiger partial charge < -0.3 is 14.8 Å². The fourth-order valence-electron chi connectivity index (χ4n) is 2.96. The molecule has 0 saturated carbocycles. The highest BCUT2D eigenvalue weighted by atomic mass is 19.1. The van der Waals surface area contributed by atoms with Gasteiger partial charge in [-0.25, -0.2) is 4.39 Å². The Morgan fingerprint density at radius 2 is 2.32 bits per heavy atom. The van der Waals surface area contributed by atoms with E-state index in [1.807, 2.05) is 0 Å². The second-order valence-electron chi connectivity index (χ2n) is 5.28. The summed E-state index contributed by atoms with van der Waals surface area (Å²) in [4.78, 5) is 0. The maximum atomic E-state index is 13.2. The molecule has 0 bridgehead atoms. The maximum absolute atomic E-state index is 13.2. The minimum atomic E-state index is -0.949. The summed E-state index contributed by atoms with van der Waals surface area (Å²) in [7, 11) is 0. The van der Waals surface area contributed by atoms with Crippen molar-refractivity contribution in [3.05, 3.63) is 35.8 Å². The van der Waals surface area contributed by atoms with Crippen molar-refractivity contribution in [3.63, 3.8) is 0 Å². The Hall–Kier alpha value is -1.39. The number of benzene rings is 1. The Labute approximate surface area is 111 Å². The van der Waals surface area contributed by atoms with Crippen molar-refractivity contribution in [2.45, 2.75) is 25.4 Å². The molecule has 2 heterocycles. The maximum Gasteiger partial charge on any atom is 0.137 e. The zero-order valence-corrected chi connectivity index (χ0v) is 10.9. The van der Waals surface area contributed by atoms with Crippen LogP contribution in [0.1, 0.15) is 25.5 Å². The monoisotopic (exact) mass is 263 g/mol. The molecular weight excluding hydrogens is 245 g/mol. The first kappa shape index (κ1) is 12.6. The molecule has 19 heavy (non-hydrogen) atoms. The lowest BCUT2D eigenvalue weighted by Gasteiger charge is -2.38. The van der Waals surface area contributed by atoms with Crippen LogP contribution in [0.15, 0.2) is 28.7 Å². The molecule has 0 amide bonds. The van der Waals surface area contributed by atoms with E-state index in [1.54, 1.807) is 12.1 Å². The van der Waals surface area contributed by atoms with Gasteiger partial charge in [-0.15, -0.1) is 0 Å². The third kappa shape index (κ3) is 2.05. The second-order valence-corrected chi connectivity index (χ2v) is 5.28. The third-order valence-corrected chi connectivity index (χ3v) is 4.15. The van der Waals surface area contributed by atoms with E-state index in [-0.39, 0.29) is 11.7 Å². The van der Waals surface area contributed by atoms with Crippen LogP contribution in [0.3, 0.4) is 0 Å².